The summed E-state index contributed by atoms with van der Waals surface area (Å²) in [6.45, 7) is -0.576. The lowest BCUT2D eigenvalue weighted by Crippen LogP contribution is -2.42. The number of fused-ring (bicyclic) bond motifs is 9. The number of H-pyrrole nitrogens is 1. The molecule has 7 atom stereocenters. The minimum atomic E-state index is -1.18. The number of hydrogen-bond acceptors (Lipinski definition) is 6. The van der Waals surface area contributed by atoms with Gasteiger partial charge in [0.05, 0.1) is 16.9 Å². The van der Waals surface area contributed by atoms with Crippen molar-refractivity contribution in [1.82, 2.24) is 9.88 Å². The zero-order valence-electron chi connectivity index (χ0n) is 16.0. The van der Waals surface area contributed by atoms with E-state index in [9.17, 15) is 19.2 Å². The second kappa shape index (κ2) is 6.70. The van der Waals surface area contributed by atoms with Gasteiger partial charge in [-0.15, -0.1) is 11.8 Å². The van der Waals surface area contributed by atoms with Crippen LogP contribution in [0.3, 0.4) is 0 Å². The predicted octanol–water partition coefficient (Wildman–Crippen LogP) is 2.65. The Morgan fingerprint density at radius 1 is 1.13 bits per heavy atom. The van der Waals surface area contributed by atoms with Crippen LogP contribution in [-0.4, -0.2) is 44.6 Å². The number of aliphatic carboxylic acids is 1. The first-order chi connectivity index (χ1) is 14.8. The third kappa shape index (κ3) is 2.66. The van der Waals surface area contributed by atoms with Gasteiger partial charge in [0, 0.05) is 21.1 Å². The number of carbonyl (C=O) groups is 3. The van der Waals surface area contributed by atoms with Crippen molar-refractivity contribution in [3.8, 4) is 0 Å². The average molecular weight is 477 g/mol. The second-order valence-corrected chi connectivity index (χ2v) is 11.3. The van der Waals surface area contributed by atoms with E-state index in [1.54, 1.807) is 11.8 Å². The van der Waals surface area contributed by atoms with Crippen LogP contribution in [-0.2, 0) is 14.4 Å². The van der Waals surface area contributed by atoms with Crippen molar-refractivity contribution in [1.29, 1.82) is 0 Å². The Kier molecular flexibility index (Phi) is 4.23. The number of thiazole rings is 1. The summed E-state index contributed by atoms with van der Waals surface area (Å²) in [6.07, 6.45) is 0.777. The number of carboxylic acid groups (broad SMARTS) is 1. The maximum atomic E-state index is 13.1. The summed E-state index contributed by atoms with van der Waals surface area (Å²) < 4.78 is 0. The van der Waals surface area contributed by atoms with Crippen molar-refractivity contribution in [2.45, 2.75) is 22.6 Å². The van der Waals surface area contributed by atoms with Gasteiger partial charge < -0.3 is 10.1 Å². The number of hydrogen-bond donors (Lipinski definition) is 2. The topological polar surface area (TPSA) is 108 Å². The van der Waals surface area contributed by atoms with Crippen molar-refractivity contribution in [2.75, 3.05) is 6.54 Å². The van der Waals surface area contributed by atoms with Gasteiger partial charge in [-0.25, -0.2) is 0 Å². The molecular formula is C21H17ClN2O5S2. The number of nitrogens with zero attached hydrogens (tertiary/aromatic N) is 1. The molecule has 7 nitrogen and oxygen atoms in total. The van der Waals surface area contributed by atoms with Crippen molar-refractivity contribution >= 4 is 52.5 Å². The quantitative estimate of drug-likeness (QED) is 0.659. The Morgan fingerprint density at radius 2 is 1.81 bits per heavy atom. The Morgan fingerprint density at radius 3 is 2.48 bits per heavy atom. The number of likely N-dealkylation sites (tertiary alicyclic amines) is 1. The van der Waals surface area contributed by atoms with E-state index in [4.69, 9.17) is 16.7 Å². The molecule has 3 heterocycles. The Labute approximate surface area is 189 Å². The van der Waals surface area contributed by atoms with Gasteiger partial charge >= 0.3 is 10.8 Å². The monoisotopic (exact) mass is 476 g/mol. The van der Waals surface area contributed by atoms with Gasteiger partial charge in [-0.05, 0) is 41.9 Å². The Hall–Kier alpha value is -2.10. The van der Waals surface area contributed by atoms with E-state index in [1.807, 2.05) is 24.3 Å². The van der Waals surface area contributed by atoms with Crippen LogP contribution in [0.1, 0.15) is 22.8 Å². The summed E-state index contributed by atoms with van der Waals surface area (Å²) in [5.74, 6) is -2.80. The van der Waals surface area contributed by atoms with E-state index in [0.717, 1.165) is 26.8 Å². The van der Waals surface area contributed by atoms with E-state index in [-0.39, 0.29) is 45.6 Å². The lowest BCUT2D eigenvalue weighted by atomic mass is 9.68. The highest BCUT2D eigenvalue weighted by Gasteiger charge is 2.69. The molecule has 2 N–H and O–H groups in total. The highest BCUT2D eigenvalue weighted by molar-refractivity contribution is 8.00. The fourth-order valence-corrected chi connectivity index (χ4v) is 9.43. The third-order valence-corrected chi connectivity index (χ3v) is 10.2. The van der Waals surface area contributed by atoms with Crippen LogP contribution < -0.4 is 4.87 Å². The lowest BCUT2D eigenvalue weighted by Gasteiger charge is -2.43. The zero-order chi connectivity index (χ0) is 21.6. The lowest BCUT2D eigenvalue weighted by molar-refractivity contribution is -0.149. The average Bonchev–Trinajstić information content (AvgIpc) is 3.44. The molecule has 31 heavy (non-hydrogen) atoms. The second-order valence-electron chi connectivity index (χ2n) is 8.67. The molecule has 1 saturated heterocycles. The molecule has 3 fully saturated rings. The molecule has 2 aliphatic heterocycles. The van der Waals surface area contributed by atoms with E-state index in [2.05, 4.69) is 4.98 Å². The first-order valence-electron chi connectivity index (χ1n) is 10.1. The van der Waals surface area contributed by atoms with Crippen molar-refractivity contribution < 1.29 is 19.5 Å². The molecule has 6 rings (SSSR count). The summed E-state index contributed by atoms with van der Waals surface area (Å²) in [5.41, 5.74) is 1.04. The van der Waals surface area contributed by atoms with Gasteiger partial charge in [0.25, 0.3) is 0 Å². The van der Waals surface area contributed by atoms with Crippen LogP contribution in [0.2, 0.25) is 5.02 Å². The van der Waals surface area contributed by atoms with Gasteiger partial charge in [0.15, 0.2) is 0 Å². The number of amides is 2. The number of aromatic amines is 1. The molecule has 2 saturated carbocycles. The molecule has 2 amide bonds. The van der Waals surface area contributed by atoms with Crippen LogP contribution in [0.15, 0.2) is 34.1 Å². The standard InChI is InChI=1S/C21H17ClN2O5S2/c22-8-3-1-7(2-4-8)12-13-9-5-10(16(13)30-18-17(12)31-21(29)23-18)15-14(9)19(27)24(20(15)28)6-11(25)26/h1-4,9-10,12-16H,5-6H2,(H,23,29)(H,25,26)/t9-,10+,12-,13+,14+,15-,16-/m1/s1. The van der Waals surface area contributed by atoms with Crippen LogP contribution in [0, 0.1) is 29.6 Å². The zero-order valence-corrected chi connectivity index (χ0v) is 18.4. The van der Waals surface area contributed by atoms with Crippen LogP contribution in [0.4, 0.5) is 0 Å². The fraction of sp³-hybridized carbons (Fsp3) is 0.429. The molecule has 1 aromatic carbocycles. The highest BCUT2D eigenvalue weighted by Crippen LogP contribution is 2.68. The molecule has 2 aliphatic carbocycles. The number of thioether (sulfide) groups is 1. The number of imide groups is 1. The van der Waals surface area contributed by atoms with Gasteiger partial charge in [-0.2, -0.15) is 0 Å². The SMILES string of the molecule is O=C(O)CN1C(=O)[C@@H]2[C@@H]3C[C@@H]([C@@H]2C1=O)[C@H]1[C@@H](c2ccc(Cl)cc2)c2sc(=O)[nH]c2S[C@H]31. The number of halogens is 1. The summed E-state index contributed by atoms with van der Waals surface area (Å²) in [6, 6.07) is 7.60. The molecule has 4 aliphatic rings. The molecule has 0 unspecified atom stereocenters. The van der Waals surface area contributed by atoms with Crippen molar-refractivity contribution in [3.63, 3.8) is 0 Å². The summed E-state index contributed by atoms with van der Waals surface area (Å²) >= 11 is 8.92. The largest absolute Gasteiger partial charge is 0.480 e. The number of aromatic nitrogens is 1. The van der Waals surface area contributed by atoms with Gasteiger partial charge in [-0.3, -0.25) is 24.1 Å². The van der Waals surface area contributed by atoms with Gasteiger partial charge in [0.1, 0.15) is 6.54 Å². The van der Waals surface area contributed by atoms with Crippen molar-refractivity contribution in [2.24, 2.45) is 29.6 Å². The van der Waals surface area contributed by atoms with Crippen LogP contribution in [0.5, 0.6) is 0 Å². The normalized spacial score (nSPS) is 35.3. The van der Waals surface area contributed by atoms with Crippen LogP contribution >= 0.6 is 34.7 Å². The van der Waals surface area contributed by atoms with Gasteiger partial charge in [-0.1, -0.05) is 35.1 Å². The molecule has 0 spiro atoms. The number of carboxylic acids is 1. The minimum absolute atomic E-state index is 0.00778. The Balaban J connectivity index is 1.45. The van der Waals surface area contributed by atoms with E-state index >= 15 is 0 Å². The number of carbonyl (C=O) groups excluding carboxylic acids is 2. The minimum Gasteiger partial charge on any atom is -0.480 e. The molecule has 2 aromatic rings. The molecule has 1 aromatic heterocycles. The molecule has 0 radical (unpaired) electrons. The summed E-state index contributed by atoms with van der Waals surface area (Å²) in [5, 5.41) is 10.7. The summed E-state index contributed by atoms with van der Waals surface area (Å²) in [4.78, 5) is 54.3. The number of nitrogens with one attached hydrogen (secondary N) is 1. The van der Waals surface area contributed by atoms with E-state index < -0.39 is 24.3 Å². The predicted molar refractivity (Wildman–Crippen MR) is 114 cm³/mol. The number of rotatable bonds is 3. The van der Waals surface area contributed by atoms with E-state index in [0.29, 0.717) is 5.02 Å². The fourth-order valence-electron chi connectivity index (χ4n) is 6.41. The molecule has 10 heteroatoms. The van der Waals surface area contributed by atoms with Crippen molar-refractivity contribution in [3.05, 3.63) is 49.4 Å². The maximum Gasteiger partial charge on any atom is 0.323 e. The van der Waals surface area contributed by atoms with E-state index in [1.165, 1.54) is 11.3 Å². The van der Waals surface area contributed by atoms with Gasteiger partial charge in [0.2, 0.25) is 11.8 Å². The first-order valence-corrected chi connectivity index (χ1v) is 12.1. The number of benzene rings is 1. The molecule has 2 bridgehead atoms. The molecular weight excluding hydrogens is 460 g/mol. The first kappa shape index (κ1) is 19.6. The highest BCUT2D eigenvalue weighted by atomic mass is 35.5. The summed E-state index contributed by atoms with van der Waals surface area (Å²) in [7, 11) is 0. The Bertz CT molecular complexity index is 1190. The smallest absolute Gasteiger partial charge is 0.323 e. The third-order valence-electron chi connectivity index (χ3n) is 7.34. The molecule has 160 valence electrons. The maximum absolute atomic E-state index is 13.1. The van der Waals surface area contributed by atoms with Crippen LogP contribution in [0.25, 0.3) is 0 Å².